The van der Waals surface area contributed by atoms with Gasteiger partial charge in [-0.2, -0.15) is 13.2 Å². The average molecular weight is 457 g/mol. The molecule has 3 aliphatic rings. The maximum absolute atomic E-state index is 13.9. The Morgan fingerprint density at radius 2 is 1.67 bits per heavy atom. The molecule has 1 atom stereocenters. The molecule has 0 aromatic heterocycles. The highest BCUT2D eigenvalue weighted by Gasteiger charge is 2.57. The van der Waals surface area contributed by atoms with Crippen LogP contribution >= 0.6 is 0 Å². The van der Waals surface area contributed by atoms with E-state index in [4.69, 9.17) is 14.2 Å². The number of ether oxygens (including phenoxy) is 3. The van der Waals surface area contributed by atoms with Gasteiger partial charge in [0.1, 0.15) is 23.6 Å². The van der Waals surface area contributed by atoms with Crippen molar-refractivity contribution in [2.24, 2.45) is 0 Å². The zero-order valence-corrected chi connectivity index (χ0v) is 16.9. The van der Waals surface area contributed by atoms with E-state index in [9.17, 15) is 22.4 Å². The minimum atomic E-state index is -4.77. The summed E-state index contributed by atoms with van der Waals surface area (Å²) in [4.78, 5) is 15.2. The third-order valence-corrected chi connectivity index (χ3v) is 6.35. The highest BCUT2D eigenvalue weighted by Crippen LogP contribution is 2.55. The summed E-state index contributed by atoms with van der Waals surface area (Å²) in [5.74, 6) is 0.0217. The molecule has 3 aromatic carbocycles. The summed E-state index contributed by atoms with van der Waals surface area (Å²) in [5, 5.41) is 0. The molecule has 0 saturated heterocycles. The monoisotopic (exact) mass is 457 g/mol. The molecule has 1 unspecified atom stereocenters. The van der Waals surface area contributed by atoms with Crippen LogP contribution in [0.2, 0.25) is 0 Å². The summed E-state index contributed by atoms with van der Waals surface area (Å²) in [6, 6.07) is 12.8. The van der Waals surface area contributed by atoms with Gasteiger partial charge in [-0.25, -0.2) is 4.39 Å². The molecule has 0 bridgehead atoms. The van der Waals surface area contributed by atoms with Crippen LogP contribution in [0.1, 0.15) is 22.3 Å². The normalized spacial score (nSPS) is 20.2. The van der Waals surface area contributed by atoms with E-state index in [2.05, 4.69) is 0 Å². The summed E-state index contributed by atoms with van der Waals surface area (Å²) >= 11 is 0. The van der Waals surface area contributed by atoms with Crippen LogP contribution in [0.4, 0.5) is 23.2 Å². The molecule has 168 valence electrons. The number of halogens is 4. The zero-order valence-electron chi connectivity index (χ0n) is 16.9. The van der Waals surface area contributed by atoms with Gasteiger partial charge in [0, 0.05) is 17.3 Å². The number of alkyl halides is 3. The molecule has 0 radical (unpaired) electrons. The molecule has 3 aromatic rings. The molecule has 0 N–H and O–H groups in total. The third kappa shape index (κ3) is 2.74. The van der Waals surface area contributed by atoms with E-state index in [1.165, 1.54) is 4.90 Å². The second-order valence-electron chi connectivity index (χ2n) is 8.10. The molecule has 0 saturated carbocycles. The van der Waals surface area contributed by atoms with Crippen LogP contribution in [0.15, 0.2) is 54.6 Å². The van der Waals surface area contributed by atoms with Crippen LogP contribution < -0.4 is 19.1 Å². The molecule has 0 aliphatic carbocycles. The number of hydrogen-bond acceptors (Lipinski definition) is 4. The summed E-state index contributed by atoms with van der Waals surface area (Å²) in [6.45, 7) is -0.327. The van der Waals surface area contributed by atoms with Crippen LogP contribution in [-0.2, 0) is 22.9 Å². The number of anilines is 1. The lowest BCUT2D eigenvalue weighted by Crippen LogP contribution is -2.42. The molecule has 1 spiro atoms. The van der Waals surface area contributed by atoms with Gasteiger partial charge in [-0.15, -0.1) is 0 Å². The van der Waals surface area contributed by atoms with Gasteiger partial charge < -0.3 is 19.1 Å². The van der Waals surface area contributed by atoms with Crippen molar-refractivity contribution in [1.29, 1.82) is 0 Å². The number of rotatable bonds is 2. The van der Waals surface area contributed by atoms with E-state index in [1.54, 1.807) is 36.4 Å². The predicted molar refractivity (Wildman–Crippen MR) is 108 cm³/mol. The topological polar surface area (TPSA) is 48.0 Å². The fraction of sp³-hybridized carbons (Fsp3) is 0.208. The first-order valence-electron chi connectivity index (χ1n) is 10.1. The van der Waals surface area contributed by atoms with E-state index in [0.717, 1.165) is 12.1 Å². The smallest absolute Gasteiger partial charge is 0.416 e. The van der Waals surface area contributed by atoms with E-state index < -0.39 is 28.9 Å². The molecular weight excluding hydrogens is 442 g/mol. The fourth-order valence-electron chi connectivity index (χ4n) is 4.84. The number of carbonyl (C=O) groups excluding carboxylic acids is 1. The molecule has 6 rings (SSSR count). The Bertz CT molecular complexity index is 1320. The van der Waals surface area contributed by atoms with Gasteiger partial charge >= 0.3 is 6.18 Å². The first-order chi connectivity index (χ1) is 15.8. The van der Waals surface area contributed by atoms with Gasteiger partial charge in [-0.1, -0.05) is 24.3 Å². The van der Waals surface area contributed by atoms with Crippen LogP contribution in [0.3, 0.4) is 0 Å². The quantitative estimate of drug-likeness (QED) is 0.519. The number of carbonyl (C=O) groups is 1. The Labute approximate surface area is 185 Å². The van der Waals surface area contributed by atoms with Gasteiger partial charge in [-0.3, -0.25) is 4.79 Å². The van der Waals surface area contributed by atoms with Crippen molar-refractivity contribution < 1.29 is 36.6 Å². The lowest BCUT2D eigenvalue weighted by molar-refractivity contribution is -0.138. The van der Waals surface area contributed by atoms with Gasteiger partial charge in [0.2, 0.25) is 12.7 Å². The van der Waals surface area contributed by atoms with Crippen LogP contribution in [0.25, 0.3) is 0 Å². The van der Waals surface area contributed by atoms with Crippen LogP contribution in [0.5, 0.6) is 17.2 Å². The molecule has 3 aliphatic heterocycles. The molecule has 33 heavy (non-hydrogen) atoms. The van der Waals surface area contributed by atoms with Crippen molar-refractivity contribution >= 4 is 11.6 Å². The first kappa shape index (κ1) is 19.9. The van der Waals surface area contributed by atoms with Gasteiger partial charge in [0.05, 0.1) is 12.1 Å². The van der Waals surface area contributed by atoms with Gasteiger partial charge in [0.15, 0.2) is 11.5 Å². The summed E-state index contributed by atoms with van der Waals surface area (Å²) in [7, 11) is 0. The number of fused-ring (bicyclic) bond motifs is 5. The summed E-state index contributed by atoms with van der Waals surface area (Å²) in [5.41, 5.74) is -0.862. The maximum atomic E-state index is 13.9. The standard InChI is InChI=1S/C24H15F4NO4/c25-14-6-5-13(16(7-14)24(26,27)28)10-29-18-4-2-1-3-15(18)23(22(29)30)11-31-19-9-21-20(8-17(19)23)32-12-33-21/h1-9H,10-12H2. The maximum Gasteiger partial charge on any atom is 0.416 e. The van der Waals surface area contributed by atoms with E-state index in [0.29, 0.717) is 40.1 Å². The third-order valence-electron chi connectivity index (χ3n) is 6.35. The van der Waals surface area contributed by atoms with Crippen molar-refractivity contribution in [3.63, 3.8) is 0 Å². The summed E-state index contributed by atoms with van der Waals surface area (Å²) in [6.07, 6.45) is -4.77. The van der Waals surface area contributed by atoms with Crippen LogP contribution in [0, 0.1) is 5.82 Å². The van der Waals surface area contributed by atoms with Gasteiger partial charge in [-0.05, 0) is 35.4 Å². The number of benzene rings is 3. The highest BCUT2D eigenvalue weighted by atomic mass is 19.4. The van der Waals surface area contributed by atoms with Crippen LogP contribution in [-0.4, -0.2) is 19.3 Å². The number of hydrogen-bond donors (Lipinski definition) is 0. The Morgan fingerprint density at radius 3 is 2.45 bits per heavy atom. The zero-order chi connectivity index (χ0) is 23.0. The van der Waals surface area contributed by atoms with Crippen molar-refractivity contribution in [3.05, 3.63) is 82.7 Å². The Balaban J connectivity index is 1.48. The molecular formula is C24H15F4NO4. The van der Waals surface area contributed by atoms with E-state index >= 15 is 0 Å². The first-order valence-corrected chi connectivity index (χ1v) is 10.1. The fourth-order valence-corrected chi connectivity index (χ4v) is 4.84. The molecule has 5 nitrogen and oxygen atoms in total. The Hall–Kier alpha value is -3.75. The van der Waals surface area contributed by atoms with Crippen molar-refractivity contribution in [2.45, 2.75) is 18.1 Å². The second kappa shape index (κ2) is 6.63. The molecule has 3 heterocycles. The molecule has 1 amide bonds. The largest absolute Gasteiger partial charge is 0.491 e. The molecule has 9 heteroatoms. The second-order valence-corrected chi connectivity index (χ2v) is 8.10. The van der Waals surface area contributed by atoms with E-state index in [1.807, 2.05) is 0 Å². The van der Waals surface area contributed by atoms with Gasteiger partial charge in [0.25, 0.3) is 0 Å². The van der Waals surface area contributed by atoms with Crippen molar-refractivity contribution in [3.8, 4) is 17.2 Å². The number of para-hydroxylation sites is 1. The SMILES string of the molecule is O=C1N(Cc2ccc(F)cc2C(F)(F)F)c2ccccc2C12COc1cc3c(cc12)OCO3. The van der Waals surface area contributed by atoms with E-state index in [-0.39, 0.29) is 25.5 Å². The minimum absolute atomic E-state index is 0.00683. The molecule has 0 fully saturated rings. The minimum Gasteiger partial charge on any atom is -0.491 e. The predicted octanol–water partition coefficient (Wildman–Crippen LogP) is 4.80. The van der Waals surface area contributed by atoms with Crippen molar-refractivity contribution in [1.82, 2.24) is 0 Å². The van der Waals surface area contributed by atoms with Crippen molar-refractivity contribution in [2.75, 3.05) is 18.3 Å². The number of nitrogens with zero attached hydrogens (tertiary/aromatic N) is 1. The highest BCUT2D eigenvalue weighted by molar-refractivity contribution is 6.11. The number of amides is 1. The average Bonchev–Trinajstić information content (AvgIpc) is 3.45. The summed E-state index contributed by atoms with van der Waals surface area (Å²) < 4.78 is 71.1. The Kier molecular flexibility index (Phi) is 4.00. The Morgan fingerprint density at radius 1 is 0.909 bits per heavy atom. The lowest BCUT2D eigenvalue weighted by Gasteiger charge is -2.24. The lowest BCUT2D eigenvalue weighted by atomic mass is 9.77.